The fourth-order valence-corrected chi connectivity index (χ4v) is 3.85. The van der Waals surface area contributed by atoms with Crippen molar-refractivity contribution in [2.24, 2.45) is 5.92 Å². The van der Waals surface area contributed by atoms with Crippen LogP contribution < -0.4 is 10.0 Å². The van der Waals surface area contributed by atoms with Crippen LogP contribution in [-0.4, -0.2) is 49.3 Å². The number of hydrogen-bond donors (Lipinski definition) is 3. The number of carbonyl (C=O) groups excluding carboxylic acids is 1. The minimum atomic E-state index is -3.41. The molecule has 138 valence electrons. The first-order valence-corrected chi connectivity index (χ1v) is 9.85. The molecular weight excluding hydrogens is 346 g/mol. The van der Waals surface area contributed by atoms with E-state index in [-0.39, 0.29) is 18.3 Å². The molecule has 1 fully saturated rings. The van der Waals surface area contributed by atoms with E-state index in [0.29, 0.717) is 37.2 Å². The number of carboxylic acids is 1. The molecule has 1 unspecified atom stereocenters. The highest BCUT2D eigenvalue weighted by Gasteiger charge is 2.28. The van der Waals surface area contributed by atoms with E-state index >= 15 is 0 Å². The minimum absolute atomic E-state index is 0.0218. The molecule has 1 aliphatic heterocycles. The number of nitrogens with one attached hydrogen (secondary N) is 2. The van der Waals surface area contributed by atoms with Gasteiger partial charge in [-0.05, 0) is 37.5 Å². The van der Waals surface area contributed by atoms with Crippen LogP contribution in [0.2, 0.25) is 0 Å². The van der Waals surface area contributed by atoms with Gasteiger partial charge in [0, 0.05) is 18.8 Å². The lowest BCUT2D eigenvalue weighted by Crippen LogP contribution is -2.44. The van der Waals surface area contributed by atoms with E-state index in [2.05, 4.69) is 10.0 Å². The Balaban J connectivity index is 2.01. The van der Waals surface area contributed by atoms with Crippen LogP contribution in [0.15, 0.2) is 24.3 Å². The summed E-state index contributed by atoms with van der Waals surface area (Å²) < 4.78 is 26.1. The zero-order valence-electron chi connectivity index (χ0n) is 14.1. The Morgan fingerprint density at radius 2 is 2.04 bits per heavy atom. The van der Waals surface area contributed by atoms with Crippen molar-refractivity contribution in [2.45, 2.75) is 26.2 Å². The Morgan fingerprint density at radius 1 is 1.32 bits per heavy atom. The normalized spacial score (nSPS) is 17.8. The van der Waals surface area contributed by atoms with Gasteiger partial charge >= 0.3 is 12.0 Å². The summed E-state index contributed by atoms with van der Waals surface area (Å²) in [7, 11) is -3.41. The van der Waals surface area contributed by atoms with E-state index in [1.807, 2.05) is 0 Å². The van der Waals surface area contributed by atoms with Gasteiger partial charge < -0.3 is 15.3 Å². The van der Waals surface area contributed by atoms with E-state index in [1.54, 1.807) is 25.1 Å². The molecule has 9 heteroatoms. The number of sulfonamides is 1. The van der Waals surface area contributed by atoms with Gasteiger partial charge in [-0.25, -0.2) is 13.2 Å². The Morgan fingerprint density at radius 3 is 2.72 bits per heavy atom. The minimum Gasteiger partial charge on any atom is -0.481 e. The van der Waals surface area contributed by atoms with E-state index in [0.717, 1.165) is 0 Å². The molecule has 0 aliphatic carbocycles. The van der Waals surface area contributed by atoms with Gasteiger partial charge in [-0.2, -0.15) is 0 Å². The zero-order valence-corrected chi connectivity index (χ0v) is 14.9. The predicted octanol–water partition coefficient (Wildman–Crippen LogP) is 2.17. The second kappa shape index (κ2) is 8.19. The largest absolute Gasteiger partial charge is 0.481 e. The Bertz CT molecular complexity index is 735. The van der Waals surface area contributed by atoms with Gasteiger partial charge in [-0.3, -0.25) is 9.52 Å². The Kier molecular flexibility index (Phi) is 6.24. The van der Waals surface area contributed by atoms with Crippen molar-refractivity contribution in [2.75, 3.05) is 28.9 Å². The van der Waals surface area contributed by atoms with Crippen molar-refractivity contribution >= 4 is 33.4 Å². The molecule has 0 bridgehead atoms. The Hall–Kier alpha value is -2.29. The molecule has 1 saturated heterocycles. The number of carbonyl (C=O) groups is 2. The van der Waals surface area contributed by atoms with Gasteiger partial charge in [-0.15, -0.1) is 0 Å². The average Bonchev–Trinajstić information content (AvgIpc) is 2.54. The third-order valence-electron chi connectivity index (χ3n) is 3.92. The van der Waals surface area contributed by atoms with Crippen LogP contribution in [0.4, 0.5) is 16.2 Å². The van der Waals surface area contributed by atoms with Crippen LogP contribution in [0, 0.1) is 5.92 Å². The highest BCUT2D eigenvalue weighted by atomic mass is 32.2. The number of urea groups is 1. The van der Waals surface area contributed by atoms with Crippen LogP contribution in [0.5, 0.6) is 0 Å². The molecule has 1 aliphatic rings. The number of likely N-dealkylation sites (tertiary alicyclic amines) is 1. The number of carboxylic acid groups (broad SMARTS) is 1. The molecule has 25 heavy (non-hydrogen) atoms. The summed E-state index contributed by atoms with van der Waals surface area (Å²) in [4.78, 5) is 24.9. The van der Waals surface area contributed by atoms with E-state index < -0.39 is 21.9 Å². The summed E-state index contributed by atoms with van der Waals surface area (Å²) in [5.74, 6) is -1.43. The topological polar surface area (TPSA) is 116 Å². The summed E-state index contributed by atoms with van der Waals surface area (Å²) in [6, 6.07) is 6.03. The Labute approximate surface area is 147 Å². The van der Waals surface area contributed by atoms with E-state index in [4.69, 9.17) is 5.11 Å². The fourth-order valence-electron chi connectivity index (χ4n) is 2.73. The lowest BCUT2D eigenvalue weighted by Gasteiger charge is -2.30. The molecule has 1 aromatic rings. The van der Waals surface area contributed by atoms with E-state index in [9.17, 15) is 18.0 Å². The third kappa shape index (κ3) is 5.63. The fraction of sp³-hybridized carbons (Fsp3) is 0.500. The van der Waals surface area contributed by atoms with Gasteiger partial charge in [0.25, 0.3) is 0 Å². The predicted molar refractivity (Wildman–Crippen MR) is 95.1 cm³/mol. The number of hydrogen-bond acceptors (Lipinski definition) is 4. The number of anilines is 2. The first-order chi connectivity index (χ1) is 11.8. The second-order valence-electron chi connectivity index (χ2n) is 6.06. The van der Waals surface area contributed by atoms with Crippen molar-refractivity contribution in [1.29, 1.82) is 0 Å². The number of nitrogens with zero attached hydrogens (tertiary/aromatic N) is 1. The summed E-state index contributed by atoms with van der Waals surface area (Å²) in [5, 5.41) is 11.8. The summed E-state index contributed by atoms with van der Waals surface area (Å²) >= 11 is 0. The maximum absolute atomic E-state index is 12.3. The molecule has 2 rings (SSSR count). The molecule has 0 radical (unpaired) electrons. The molecule has 0 spiro atoms. The van der Waals surface area contributed by atoms with Gasteiger partial charge in [0.2, 0.25) is 10.0 Å². The number of piperidine rings is 1. The monoisotopic (exact) mass is 369 g/mol. The van der Waals surface area contributed by atoms with Crippen LogP contribution in [0.1, 0.15) is 26.2 Å². The average molecular weight is 369 g/mol. The van der Waals surface area contributed by atoms with Crippen LogP contribution in [0.3, 0.4) is 0 Å². The van der Waals surface area contributed by atoms with Crippen molar-refractivity contribution in [3.63, 3.8) is 0 Å². The van der Waals surface area contributed by atoms with Crippen LogP contribution in [0.25, 0.3) is 0 Å². The number of rotatable bonds is 6. The van der Waals surface area contributed by atoms with Crippen molar-refractivity contribution in [1.82, 2.24) is 4.90 Å². The van der Waals surface area contributed by atoms with Crippen LogP contribution in [-0.2, 0) is 14.8 Å². The van der Waals surface area contributed by atoms with Crippen molar-refractivity contribution < 1.29 is 23.1 Å². The van der Waals surface area contributed by atoms with Gasteiger partial charge in [-0.1, -0.05) is 13.0 Å². The maximum Gasteiger partial charge on any atom is 0.321 e. The first kappa shape index (κ1) is 19.0. The zero-order chi connectivity index (χ0) is 18.4. The molecule has 1 heterocycles. The summed E-state index contributed by atoms with van der Waals surface area (Å²) in [6.07, 6.45) is 1.71. The van der Waals surface area contributed by atoms with Gasteiger partial charge in [0.05, 0.1) is 17.4 Å². The van der Waals surface area contributed by atoms with Crippen molar-refractivity contribution in [3.05, 3.63) is 24.3 Å². The van der Waals surface area contributed by atoms with Crippen molar-refractivity contribution in [3.8, 4) is 0 Å². The number of amides is 2. The molecular formula is C16H23N3O5S. The number of benzene rings is 1. The molecule has 1 atom stereocenters. The SMILES string of the molecule is CCCS(=O)(=O)Nc1cccc(NC(=O)N2CCCC(C(=O)O)C2)c1. The van der Waals surface area contributed by atoms with Gasteiger partial charge in [0.15, 0.2) is 0 Å². The second-order valence-corrected chi connectivity index (χ2v) is 7.90. The molecule has 3 N–H and O–H groups in total. The highest BCUT2D eigenvalue weighted by Crippen LogP contribution is 2.20. The standard InChI is InChI=1S/C16H23N3O5S/c1-2-9-25(23,24)18-14-7-3-6-13(10-14)17-16(22)19-8-4-5-12(11-19)15(20)21/h3,6-7,10,12,18H,2,4-5,8-9,11H2,1H3,(H,17,22)(H,20,21). The van der Waals surface area contributed by atoms with Crippen LogP contribution >= 0.6 is 0 Å². The quantitative estimate of drug-likeness (QED) is 0.711. The summed E-state index contributed by atoms with van der Waals surface area (Å²) in [5.41, 5.74) is 0.812. The first-order valence-electron chi connectivity index (χ1n) is 8.20. The summed E-state index contributed by atoms with van der Waals surface area (Å²) in [6.45, 7) is 2.45. The smallest absolute Gasteiger partial charge is 0.321 e. The lowest BCUT2D eigenvalue weighted by molar-refractivity contribution is -0.143. The lowest BCUT2D eigenvalue weighted by atomic mass is 9.99. The highest BCUT2D eigenvalue weighted by molar-refractivity contribution is 7.92. The molecule has 0 aromatic heterocycles. The molecule has 0 saturated carbocycles. The maximum atomic E-state index is 12.3. The van der Waals surface area contributed by atoms with Gasteiger partial charge in [0.1, 0.15) is 0 Å². The molecule has 2 amide bonds. The number of aliphatic carboxylic acids is 1. The molecule has 1 aromatic carbocycles. The molecule has 8 nitrogen and oxygen atoms in total. The third-order valence-corrected chi connectivity index (χ3v) is 5.41. The van der Waals surface area contributed by atoms with E-state index in [1.165, 1.54) is 11.0 Å².